The van der Waals surface area contributed by atoms with Crippen LogP contribution in [0.5, 0.6) is 0 Å². The number of carbonyl (C=O) groups excluding carboxylic acids is 3. The van der Waals surface area contributed by atoms with Crippen LogP contribution in [0.3, 0.4) is 0 Å². The van der Waals surface area contributed by atoms with E-state index in [1.54, 1.807) is 30.1 Å². The van der Waals surface area contributed by atoms with E-state index in [4.69, 9.17) is 14.5 Å². The van der Waals surface area contributed by atoms with E-state index in [2.05, 4.69) is 58.5 Å². The molecule has 1 aliphatic carbocycles. The second-order valence-electron chi connectivity index (χ2n) is 20.0. The van der Waals surface area contributed by atoms with Crippen LogP contribution in [0.15, 0.2) is 66.2 Å². The van der Waals surface area contributed by atoms with Gasteiger partial charge < -0.3 is 44.3 Å². The molecule has 0 unspecified atom stereocenters. The van der Waals surface area contributed by atoms with Gasteiger partial charge in [-0.25, -0.2) is 18.3 Å². The average Bonchev–Trinajstić information content (AvgIpc) is 4.21. The smallest absolute Gasteiger partial charge is 0.326 e. The highest BCUT2D eigenvalue weighted by Crippen LogP contribution is 2.37. The summed E-state index contributed by atoms with van der Waals surface area (Å²) in [5.41, 5.74) is 2.27. The predicted molar refractivity (Wildman–Crippen MR) is 262 cm³/mol. The summed E-state index contributed by atoms with van der Waals surface area (Å²) in [4.78, 5) is 70.0. The number of hydrogen-bond acceptors (Lipinski definition) is 14. The number of aromatic nitrogens is 7. The molecule has 21 heteroatoms. The van der Waals surface area contributed by atoms with Gasteiger partial charge in [0.05, 0.1) is 78.7 Å². The molecule has 5 aromatic rings. The Hall–Kier alpha value is -6.48. The first kappa shape index (κ1) is 48.2. The lowest BCUT2D eigenvalue weighted by molar-refractivity contribution is -0.143. The number of alkyl halides is 2. The molecule has 2 bridgehead atoms. The minimum atomic E-state index is -2.86. The third-order valence-corrected chi connectivity index (χ3v) is 15.0. The second kappa shape index (κ2) is 21.1. The zero-order valence-electron chi connectivity index (χ0n) is 40.4. The number of ether oxygens (including phenoxy) is 2. The standard InChI is InChI=1S/C50H63F2N13O6/c1-3-70-45(67)30-62-27-35(8-11-44(62)66)55-49(68)34-5-4-15-61(26-34)38-19-37(21-53-22-38)60-16-12-33(13-17-60)25-59(2)24-32-6-9-36(10-7-32)65-29-42(46(58-65)47(51)52)56-50(69)41-23-54-64-18-14-43(57-48(41)64)63-28-40-20-39(63)31-71-40/h8,11,14,18-19,21-23,27,29,32-34,36,39-40,47H,3-7,9-10,12-13,15-17,20,24-26,28,30-31H2,1-2H3,(H,55,68)(H,56,69)/t32?,34-,36?,39+,40+/m0/s1. The van der Waals surface area contributed by atoms with E-state index in [0.717, 1.165) is 114 Å². The topological polar surface area (TPSA) is 190 Å². The number of pyridine rings is 2. The fourth-order valence-electron chi connectivity index (χ4n) is 11.3. The fraction of sp³-hybridized carbons (Fsp3) is 0.560. The van der Waals surface area contributed by atoms with Crippen molar-refractivity contribution in [2.75, 3.05) is 91.4 Å². The van der Waals surface area contributed by atoms with Gasteiger partial charge >= 0.3 is 5.97 Å². The molecule has 0 aromatic carbocycles. The summed E-state index contributed by atoms with van der Waals surface area (Å²) >= 11 is 0. The van der Waals surface area contributed by atoms with Crippen molar-refractivity contribution in [3.63, 3.8) is 0 Å². The van der Waals surface area contributed by atoms with Gasteiger partial charge in [0.15, 0.2) is 11.3 Å². The molecule has 2 amide bonds. The van der Waals surface area contributed by atoms with E-state index in [1.165, 1.54) is 27.5 Å². The van der Waals surface area contributed by atoms with Crippen molar-refractivity contribution in [1.82, 2.24) is 38.8 Å². The van der Waals surface area contributed by atoms with Gasteiger partial charge in [-0.05, 0) is 102 Å². The van der Waals surface area contributed by atoms with E-state index in [-0.39, 0.29) is 60.0 Å². The molecule has 5 aliphatic rings. The fourth-order valence-corrected chi connectivity index (χ4v) is 11.3. The van der Waals surface area contributed by atoms with Crippen molar-refractivity contribution in [1.29, 1.82) is 0 Å². The number of nitrogens with zero attached hydrogens (tertiary/aromatic N) is 11. The molecule has 10 rings (SSSR count). The molecule has 1 saturated carbocycles. The van der Waals surface area contributed by atoms with E-state index >= 15 is 0 Å². The number of esters is 1. The Morgan fingerprint density at radius 3 is 2.41 bits per heavy atom. The monoisotopic (exact) mass is 979 g/mol. The summed E-state index contributed by atoms with van der Waals surface area (Å²) < 4.78 is 43.8. The SMILES string of the molecule is CCOC(=O)Cn1cc(NC(=O)[C@H]2CCCN(c3cncc(N4CCC(CN(C)CC5CCC(n6cc(NC(=O)c7cnn8ccc(N9C[C@H]%10C[C@@H]9CO%10)nc78)c(C(F)F)n6)CC5)CC4)c3)C2)ccc1=O. The molecule has 5 fully saturated rings. The molecule has 9 heterocycles. The number of rotatable bonds is 16. The number of morpholine rings is 1. The third kappa shape index (κ3) is 10.9. The molecule has 71 heavy (non-hydrogen) atoms. The molecular formula is C50H63F2N13O6. The Bertz CT molecular complexity index is 2770. The molecule has 2 N–H and O–H groups in total. The van der Waals surface area contributed by atoms with Gasteiger partial charge in [0, 0.05) is 70.5 Å². The molecule has 0 radical (unpaired) electrons. The van der Waals surface area contributed by atoms with Gasteiger partial charge in [-0.1, -0.05) is 0 Å². The van der Waals surface area contributed by atoms with Gasteiger partial charge in [-0.15, -0.1) is 0 Å². The Balaban J connectivity index is 0.673. The van der Waals surface area contributed by atoms with Crippen LogP contribution in [0.4, 0.5) is 37.3 Å². The molecule has 3 atom stereocenters. The normalized spacial score (nSPS) is 22.7. The lowest BCUT2D eigenvalue weighted by Gasteiger charge is -2.37. The molecule has 0 spiro atoms. The summed E-state index contributed by atoms with van der Waals surface area (Å²) in [5, 5.41) is 14.3. The number of carbonyl (C=O) groups is 3. The van der Waals surface area contributed by atoms with Crippen molar-refractivity contribution in [2.45, 2.75) is 95.9 Å². The minimum absolute atomic E-state index is 0.0000259. The molecule has 4 saturated heterocycles. The molecule has 378 valence electrons. The number of anilines is 5. The Morgan fingerprint density at radius 2 is 1.68 bits per heavy atom. The zero-order chi connectivity index (χ0) is 49.2. The molecular weight excluding hydrogens is 917 g/mol. The molecule has 19 nitrogen and oxygen atoms in total. The van der Waals surface area contributed by atoms with Crippen LogP contribution in [0, 0.1) is 17.8 Å². The predicted octanol–water partition coefficient (Wildman–Crippen LogP) is 5.65. The van der Waals surface area contributed by atoms with Gasteiger partial charge in [-0.3, -0.25) is 28.8 Å². The highest BCUT2D eigenvalue weighted by molar-refractivity contribution is 6.08. The number of nitrogens with one attached hydrogen (secondary N) is 2. The highest BCUT2D eigenvalue weighted by Gasteiger charge is 2.40. The Labute approximate surface area is 410 Å². The quantitative estimate of drug-likeness (QED) is 0.116. The summed E-state index contributed by atoms with van der Waals surface area (Å²) in [7, 11) is 2.20. The first-order chi connectivity index (χ1) is 34.4. The zero-order valence-corrected chi connectivity index (χ0v) is 40.4. The van der Waals surface area contributed by atoms with Crippen LogP contribution in [0.1, 0.15) is 93.2 Å². The maximum absolute atomic E-state index is 14.4. The highest BCUT2D eigenvalue weighted by atomic mass is 19.3. The van der Waals surface area contributed by atoms with Crippen LogP contribution in [-0.4, -0.2) is 135 Å². The number of hydrogen-bond donors (Lipinski definition) is 2. The van der Waals surface area contributed by atoms with E-state index in [1.807, 2.05) is 18.5 Å². The van der Waals surface area contributed by atoms with Crippen LogP contribution in [0.25, 0.3) is 5.65 Å². The van der Waals surface area contributed by atoms with Crippen LogP contribution in [-0.2, 0) is 25.6 Å². The molecule has 5 aromatic heterocycles. The van der Waals surface area contributed by atoms with Crippen molar-refractivity contribution >= 4 is 52.0 Å². The van der Waals surface area contributed by atoms with Crippen LogP contribution < -0.4 is 30.9 Å². The maximum Gasteiger partial charge on any atom is 0.326 e. The van der Waals surface area contributed by atoms with E-state index in [9.17, 15) is 28.0 Å². The first-order valence-electron chi connectivity index (χ1n) is 25.2. The number of fused-ring (bicyclic) bond motifs is 3. The summed E-state index contributed by atoms with van der Waals surface area (Å²) in [6.07, 6.45) is 15.5. The van der Waals surface area contributed by atoms with Crippen LogP contribution >= 0.6 is 0 Å². The maximum atomic E-state index is 14.4. The van der Waals surface area contributed by atoms with Crippen LogP contribution in [0.2, 0.25) is 0 Å². The lowest BCUT2D eigenvalue weighted by atomic mass is 9.85. The van der Waals surface area contributed by atoms with Gasteiger partial charge in [0.2, 0.25) is 5.91 Å². The summed E-state index contributed by atoms with van der Waals surface area (Å²) in [6, 6.07) is 7.14. The van der Waals surface area contributed by atoms with Gasteiger partial charge in [0.25, 0.3) is 17.9 Å². The van der Waals surface area contributed by atoms with E-state index in [0.29, 0.717) is 36.3 Å². The first-order valence-corrected chi connectivity index (χ1v) is 25.2. The number of amides is 2. The average molecular weight is 980 g/mol. The summed E-state index contributed by atoms with van der Waals surface area (Å²) in [5.74, 6) is 0.314. The third-order valence-electron chi connectivity index (χ3n) is 15.0. The Morgan fingerprint density at radius 1 is 0.901 bits per heavy atom. The second-order valence-corrected chi connectivity index (χ2v) is 20.0. The van der Waals surface area contributed by atoms with Crippen molar-refractivity contribution in [2.24, 2.45) is 17.8 Å². The minimum Gasteiger partial charge on any atom is -0.465 e. The lowest BCUT2D eigenvalue weighted by Crippen LogP contribution is -2.41. The van der Waals surface area contributed by atoms with Crippen molar-refractivity contribution < 1.29 is 32.6 Å². The summed E-state index contributed by atoms with van der Waals surface area (Å²) in [6.45, 7) is 8.28. The number of halogens is 2. The number of piperidine rings is 2. The van der Waals surface area contributed by atoms with Gasteiger partial charge in [-0.2, -0.15) is 10.2 Å². The van der Waals surface area contributed by atoms with E-state index < -0.39 is 24.0 Å². The molecule has 4 aliphatic heterocycles. The Kier molecular flexibility index (Phi) is 14.3. The van der Waals surface area contributed by atoms with Crippen molar-refractivity contribution in [3.05, 3.63) is 83.1 Å². The van der Waals surface area contributed by atoms with Gasteiger partial charge in [0.1, 0.15) is 17.9 Å². The van der Waals surface area contributed by atoms with Crippen molar-refractivity contribution in [3.8, 4) is 0 Å². The largest absolute Gasteiger partial charge is 0.465 e.